The second-order valence-corrected chi connectivity index (χ2v) is 5.82. The van der Waals surface area contributed by atoms with E-state index in [2.05, 4.69) is 48.1 Å². The van der Waals surface area contributed by atoms with Crippen molar-refractivity contribution < 1.29 is 0 Å². The Labute approximate surface area is 105 Å². The van der Waals surface area contributed by atoms with E-state index < -0.39 is 0 Å². The molecule has 1 aliphatic carbocycles. The number of rotatable bonds is 5. The van der Waals surface area contributed by atoms with Crippen LogP contribution in [0.1, 0.15) is 64.6 Å². The predicted molar refractivity (Wildman–Crippen MR) is 70.9 cm³/mol. The fraction of sp³-hybridized carbons (Fsp3) is 0.786. The average Bonchev–Trinajstić information content (AvgIpc) is 2.97. The predicted octanol–water partition coefficient (Wildman–Crippen LogP) is 3.28. The first-order valence-corrected chi connectivity index (χ1v) is 6.90. The van der Waals surface area contributed by atoms with E-state index >= 15 is 0 Å². The Balaban J connectivity index is 1.90. The van der Waals surface area contributed by atoms with Crippen LogP contribution >= 0.6 is 0 Å². The van der Waals surface area contributed by atoms with E-state index in [9.17, 15) is 0 Å². The van der Waals surface area contributed by atoms with Gasteiger partial charge in [-0.1, -0.05) is 19.8 Å². The van der Waals surface area contributed by atoms with Crippen molar-refractivity contribution >= 4 is 0 Å². The maximum absolute atomic E-state index is 4.68. The monoisotopic (exact) mass is 235 g/mol. The van der Waals surface area contributed by atoms with Gasteiger partial charge in [-0.15, -0.1) is 0 Å². The molecule has 1 aliphatic rings. The second-order valence-electron chi connectivity index (χ2n) is 5.82. The topological polar surface area (TPSA) is 29.9 Å². The van der Waals surface area contributed by atoms with Gasteiger partial charge in [0.25, 0.3) is 0 Å². The van der Waals surface area contributed by atoms with Crippen molar-refractivity contribution in [2.24, 2.45) is 0 Å². The molecule has 0 spiro atoms. The van der Waals surface area contributed by atoms with Gasteiger partial charge in [-0.3, -0.25) is 4.68 Å². The van der Waals surface area contributed by atoms with E-state index in [4.69, 9.17) is 0 Å². The lowest BCUT2D eigenvalue weighted by Gasteiger charge is -2.23. The maximum Gasteiger partial charge on any atom is 0.0762 e. The third kappa shape index (κ3) is 3.32. The van der Waals surface area contributed by atoms with E-state index in [1.54, 1.807) is 0 Å². The number of nitrogens with one attached hydrogen (secondary N) is 1. The van der Waals surface area contributed by atoms with E-state index in [0.29, 0.717) is 6.04 Å². The summed E-state index contributed by atoms with van der Waals surface area (Å²) in [5.74, 6) is 0. The van der Waals surface area contributed by atoms with Gasteiger partial charge in [-0.05, 0) is 39.2 Å². The Morgan fingerprint density at radius 2 is 2.12 bits per heavy atom. The van der Waals surface area contributed by atoms with Crippen LogP contribution in [0, 0.1) is 0 Å². The maximum atomic E-state index is 4.68. The van der Waals surface area contributed by atoms with Gasteiger partial charge in [0.2, 0.25) is 0 Å². The summed E-state index contributed by atoms with van der Waals surface area (Å²) in [5.41, 5.74) is 1.37. The minimum atomic E-state index is 0.205. The zero-order valence-corrected chi connectivity index (χ0v) is 11.4. The molecule has 96 valence electrons. The summed E-state index contributed by atoms with van der Waals surface area (Å²) < 4.78 is 2.17. The Hall–Kier alpha value is -0.830. The lowest BCUT2D eigenvalue weighted by molar-refractivity contribution is 0.369. The van der Waals surface area contributed by atoms with Crippen LogP contribution in [0.2, 0.25) is 0 Å². The van der Waals surface area contributed by atoms with Crippen molar-refractivity contribution in [3.05, 3.63) is 18.0 Å². The van der Waals surface area contributed by atoms with Gasteiger partial charge in [-0.25, -0.2) is 0 Å². The van der Waals surface area contributed by atoms with Crippen molar-refractivity contribution in [2.45, 2.75) is 71.0 Å². The fourth-order valence-corrected chi connectivity index (χ4v) is 2.30. The van der Waals surface area contributed by atoms with Gasteiger partial charge in [0.1, 0.15) is 0 Å². The van der Waals surface area contributed by atoms with Crippen molar-refractivity contribution in [3.63, 3.8) is 0 Å². The highest BCUT2D eigenvalue weighted by atomic mass is 15.3. The third-order valence-corrected chi connectivity index (χ3v) is 3.99. The Bertz CT molecular complexity index is 348. The third-order valence-electron chi connectivity index (χ3n) is 3.99. The van der Waals surface area contributed by atoms with Crippen molar-refractivity contribution in [1.82, 2.24) is 15.1 Å². The minimum absolute atomic E-state index is 0.205. The molecule has 3 heteroatoms. The minimum Gasteiger partial charge on any atom is -0.306 e. The Morgan fingerprint density at radius 3 is 2.76 bits per heavy atom. The quantitative estimate of drug-likeness (QED) is 0.849. The zero-order valence-electron chi connectivity index (χ0n) is 11.4. The molecule has 3 nitrogen and oxygen atoms in total. The molecule has 1 saturated carbocycles. The molecular weight excluding hydrogens is 210 g/mol. The highest BCUT2D eigenvalue weighted by Gasteiger charge is 2.18. The molecule has 0 aliphatic heterocycles. The highest BCUT2D eigenvalue weighted by Crippen LogP contribution is 2.28. The van der Waals surface area contributed by atoms with Gasteiger partial charge < -0.3 is 5.32 Å². The molecule has 0 radical (unpaired) electrons. The first kappa shape index (κ1) is 12.6. The van der Waals surface area contributed by atoms with E-state index in [-0.39, 0.29) is 5.54 Å². The van der Waals surface area contributed by atoms with E-state index in [0.717, 1.165) is 13.0 Å². The Morgan fingerprint density at radius 1 is 1.41 bits per heavy atom. The molecule has 2 rings (SSSR count). The normalized spacial score (nSPS) is 17.8. The molecule has 0 amide bonds. The molecule has 1 N–H and O–H groups in total. The first-order valence-electron chi connectivity index (χ1n) is 6.90. The Kier molecular flexibility index (Phi) is 3.87. The van der Waals surface area contributed by atoms with Crippen molar-refractivity contribution in [2.75, 3.05) is 0 Å². The van der Waals surface area contributed by atoms with Crippen molar-refractivity contribution in [1.29, 1.82) is 0 Å². The van der Waals surface area contributed by atoms with Gasteiger partial charge >= 0.3 is 0 Å². The van der Waals surface area contributed by atoms with E-state index in [1.165, 1.54) is 31.4 Å². The molecule has 0 atom stereocenters. The lowest BCUT2D eigenvalue weighted by Crippen LogP contribution is -2.37. The molecule has 0 saturated heterocycles. The molecule has 17 heavy (non-hydrogen) atoms. The molecule has 0 aromatic carbocycles. The molecular formula is C14H25N3. The molecule has 0 bridgehead atoms. The fourth-order valence-electron chi connectivity index (χ4n) is 2.30. The van der Waals surface area contributed by atoms with Gasteiger partial charge in [0.15, 0.2) is 0 Å². The van der Waals surface area contributed by atoms with Crippen LogP contribution in [0.3, 0.4) is 0 Å². The number of hydrogen-bond acceptors (Lipinski definition) is 2. The highest BCUT2D eigenvalue weighted by molar-refractivity contribution is 5.00. The molecule has 1 heterocycles. The second kappa shape index (κ2) is 5.21. The summed E-state index contributed by atoms with van der Waals surface area (Å²) in [7, 11) is 0. The lowest BCUT2D eigenvalue weighted by atomic mass is 10.0. The van der Waals surface area contributed by atoms with Gasteiger partial charge in [0, 0.05) is 18.3 Å². The summed E-state index contributed by atoms with van der Waals surface area (Å²) in [5, 5.41) is 8.24. The van der Waals surface area contributed by atoms with Crippen LogP contribution in [0.15, 0.2) is 12.3 Å². The van der Waals surface area contributed by atoms with E-state index in [1.807, 2.05) is 0 Å². The molecule has 0 unspecified atom stereocenters. The molecule has 1 aromatic heterocycles. The number of aromatic nitrogens is 2. The average molecular weight is 235 g/mol. The molecule has 1 aromatic rings. The van der Waals surface area contributed by atoms with Gasteiger partial charge in [-0.2, -0.15) is 5.10 Å². The van der Waals surface area contributed by atoms with Crippen LogP contribution in [-0.4, -0.2) is 15.3 Å². The summed E-state index contributed by atoms with van der Waals surface area (Å²) in [6.45, 7) is 7.56. The summed E-state index contributed by atoms with van der Waals surface area (Å²) in [6, 6.07) is 2.81. The van der Waals surface area contributed by atoms with Crippen LogP contribution in [0.5, 0.6) is 0 Å². The standard InChI is InChI=1S/C14H25N3/c1-4-14(2,3)15-11-12-9-10-17(16-12)13-7-5-6-8-13/h9-10,13,15H,4-8,11H2,1-3H3. The summed E-state index contributed by atoms with van der Waals surface area (Å²) in [4.78, 5) is 0. The SMILES string of the molecule is CCC(C)(C)NCc1ccn(C2CCCC2)n1. The number of hydrogen-bond donors (Lipinski definition) is 1. The van der Waals surface area contributed by atoms with Crippen LogP contribution in [0.4, 0.5) is 0 Å². The molecule has 1 fully saturated rings. The smallest absolute Gasteiger partial charge is 0.0762 e. The summed E-state index contributed by atoms with van der Waals surface area (Å²) in [6.07, 6.45) is 8.61. The van der Waals surface area contributed by atoms with Crippen LogP contribution < -0.4 is 5.32 Å². The number of nitrogens with zero attached hydrogens (tertiary/aromatic N) is 2. The summed E-state index contributed by atoms with van der Waals surface area (Å²) >= 11 is 0. The van der Waals surface area contributed by atoms with Crippen LogP contribution in [0.25, 0.3) is 0 Å². The largest absolute Gasteiger partial charge is 0.306 e. The van der Waals surface area contributed by atoms with Gasteiger partial charge in [0.05, 0.1) is 11.7 Å². The van der Waals surface area contributed by atoms with Crippen molar-refractivity contribution in [3.8, 4) is 0 Å². The zero-order chi connectivity index (χ0) is 12.3. The van der Waals surface area contributed by atoms with Crippen LogP contribution in [-0.2, 0) is 6.54 Å². The first-order chi connectivity index (χ1) is 8.11.